The van der Waals surface area contributed by atoms with Gasteiger partial charge in [0.25, 0.3) is 0 Å². The molecule has 2 atom stereocenters. The Morgan fingerprint density at radius 1 is 0.739 bits per heavy atom. The maximum absolute atomic E-state index is 7.10. The largest absolute Gasteiger partial charge is 0.393 e. The van der Waals surface area contributed by atoms with Gasteiger partial charge in [-0.15, -0.1) is 0 Å². The first kappa shape index (κ1) is 32.3. The van der Waals surface area contributed by atoms with Crippen molar-refractivity contribution in [1.82, 2.24) is 5.32 Å². The molecular weight excluding hydrogens is 564 g/mol. The Kier molecular flexibility index (Phi) is 8.82. The van der Waals surface area contributed by atoms with E-state index in [4.69, 9.17) is 9.47 Å². The maximum atomic E-state index is 7.10. The summed E-state index contributed by atoms with van der Waals surface area (Å²) in [6.07, 6.45) is 6.51. The Morgan fingerprint density at radius 2 is 1.35 bits per heavy atom. The molecule has 2 N–H and O–H groups in total. The zero-order valence-electron chi connectivity index (χ0n) is 29.0. The van der Waals surface area contributed by atoms with Crippen molar-refractivity contribution in [2.75, 3.05) is 12.4 Å². The monoisotopic (exact) mass is 616 g/mol. The third-order valence-corrected chi connectivity index (χ3v) is 10.0. The first-order chi connectivity index (χ1) is 21.9. The maximum Gasteiger partial charge on any atom is 0.225 e. The van der Waals surface area contributed by atoms with E-state index in [1.807, 2.05) is 7.05 Å². The molecule has 6 rings (SSSR count). The van der Waals surface area contributed by atoms with Crippen molar-refractivity contribution in [1.29, 1.82) is 0 Å². The highest BCUT2D eigenvalue weighted by Crippen LogP contribution is 2.52. The molecule has 4 aromatic carbocycles. The number of aryl methyl sites for hydroxylation is 1. The number of hydrogen-bond acceptors (Lipinski definition) is 4. The van der Waals surface area contributed by atoms with Gasteiger partial charge in [-0.1, -0.05) is 107 Å². The van der Waals surface area contributed by atoms with Crippen LogP contribution in [0, 0.1) is 23.7 Å². The van der Waals surface area contributed by atoms with Crippen LogP contribution in [0.3, 0.4) is 0 Å². The summed E-state index contributed by atoms with van der Waals surface area (Å²) in [7, 11) is 1.99. The second-order valence-corrected chi connectivity index (χ2v) is 15.4. The van der Waals surface area contributed by atoms with Crippen LogP contribution >= 0.6 is 0 Å². The van der Waals surface area contributed by atoms with E-state index in [1.165, 1.54) is 34.0 Å². The summed E-state index contributed by atoms with van der Waals surface area (Å²) in [6.45, 7) is 16.2. The van der Waals surface area contributed by atoms with Crippen LogP contribution in [0.1, 0.15) is 83.9 Å². The molecule has 2 unspecified atom stereocenters. The molecule has 0 aromatic heterocycles. The number of benzene rings is 4. The lowest BCUT2D eigenvalue weighted by Crippen LogP contribution is -2.46. The van der Waals surface area contributed by atoms with E-state index >= 15 is 0 Å². The Balaban J connectivity index is 1.51. The predicted molar refractivity (Wildman–Crippen MR) is 193 cm³/mol. The smallest absolute Gasteiger partial charge is 0.225 e. The van der Waals surface area contributed by atoms with E-state index in [2.05, 4.69) is 150 Å². The summed E-state index contributed by atoms with van der Waals surface area (Å²) in [6, 6.07) is 30.3. The number of allylic oxidation sites excluding steroid dienone is 1. The molecule has 1 saturated carbocycles. The van der Waals surface area contributed by atoms with Crippen molar-refractivity contribution in [3.8, 4) is 11.1 Å². The normalized spacial score (nSPS) is 24.9. The molecule has 0 amide bonds. The summed E-state index contributed by atoms with van der Waals surface area (Å²) >= 11 is 0. The second-order valence-electron chi connectivity index (χ2n) is 15.4. The van der Waals surface area contributed by atoms with Crippen molar-refractivity contribution >= 4 is 16.5 Å². The number of rotatable bonds is 7. The number of anilines is 1. The van der Waals surface area contributed by atoms with Gasteiger partial charge in [-0.2, -0.15) is 0 Å². The molecule has 2 aliphatic rings. The summed E-state index contributed by atoms with van der Waals surface area (Å²) in [5.41, 5.74) is 8.35. The molecule has 242 valence electrons. The van der Waals surface area contributed by atoms with Gasteiger partial charge in [0.05, 0.1) is 12.2 Å². The SMILES string of the molecule is CN/C=C(\Nc1ccccc1C1(c2ccccc2-c2ccc3ccccc3c2C)OC(C)CC(C)O1)C1CC(C)(C)CC(C)(C)C1. The molecule has 0 spiro atoms. The first-order valence-corrected chi connectivity index (χ1v) is 17.1. The lowest BCUT2D eigenvalue weighted by atomic mass is 9.61. The summed E-state index contributed by atoms with van der Waals surface area (Å²) in [4.78, 5) is 0. The molecule has 46 heavy (non-hydrogen) atoms. The Bertz CT molecular complexity index is 1710. The van der Waals surface area contributed by atoms with Gasteiger partial charge in [0, 0.05) is 41.7 Å². The van der Waals surface area contributed by atoms with Gasteiger partial charge in [-0.3, -0.25) is 0 Å². The fraction of sp³-hybridized carbons (Fsp3) is 0.429. The molecule has 4 nitrogen and oxygen atoms in total. The highest BCUT2D eigenvalue weighted by atomic mass is 16.7. The minimum Gasteiger partial charge on any atom is -0.393 e. The standard InChI is InChI=1S/C42H52N2O2/c1-28-23-29(2)46-42(45-28,36-18-12-11-17-35(36)34-22-21-31-15-9-10-16-33(31)30(34)3)37-19-13-14-20-38(37)44-39(26-43-8)32-24-40(4,5)27-41(6,7)25-32/h9-22,26,28-29,32,43-44H,23-25,27H2,1-8H3/b39-26-. The predicted octanol–water partition coefficient (Wildman–Crippen LogP) is 10.6. The molecular formula is C42H52N2O2. The molecule has 1 heterocycles. The van der Waals surface area contributed by atoms with Gasteiger partial charge in [0.1, 0.15) is 0 Å². The van der Waals surface area contributed by atoms with Crippen molar-refractivity contribution < 1.29 is 9.47 Å². The van der Waals surface area contributed by atoms with Gasteiger partial charge in [-0.25, -0.2) is 0 Å². The Morgan fingerprint density at radius 3 is 2.04 bits per heavy atom. The summed E-state index contributed by atoms with van der Waals surface area (Å²) in [5, 5.41) is 9.82. The third-order valence-electron chi connectivity index (χ3n) is 10.0. The van der Waals surface area contributed by atoms with E-state index in [1.54, 1.807) is 0 Å². The van der Waals surface area contributed by atoms with E-state index in [9.17, 15) is 0 Å². The lowest BCUT2D eigenvalue weighted by Gasteiger charge is -2.47. The van der Waals surface area contributed by atoms with E-state index < -0.39 is 5.79 Å². The van der Waals surface area contributed by atoms with Crippen molar-refractivity contribution in [3.05, 3.63) is 114 Å². The van der Waals surface area contributed by atoms with Crippen molar-refractivity contribution in [3.63, 3.8) is 0 Å². The molecule has 0 bridgehead atoms. The first-order valence-electron chi connectivity index (χ1n) is 17.1. The zero-order valence-corrected chi connectivity index (χ0v) is 29.0. The number of hydrogen-bond donors (Lipinski definition) is 2. The quantitative estimate of drug-likeness (QED) is 0.217. The molecule has 2 fully saturated rings. The van der Waals surface area contributed by atoms with Crippen LogP contribution in [0.2, 0.25) is 0 Å². The number of nitrogens with one attached hydrogen (secondary N) is 2. The highest BCUT2D eigenvalue weighted by molar-refractivity contribution is 5.92. The average molecular weight is 617 g/mol. The van der Waals surface area contributed by atoms with Crippen LogP contribution in [0.4, 0.5) is 5.69 Å². The van der Waals surface area contributed by atoms with Gasteiger partial charge in [0.2, 0.25) is 5.79 Å². The molecule has 1 saturated heterocycles. The molecule has 1 aliphatic carbocycles. The summed E-state index contributed by atoms with van der Waals surface area (Å²) < 4.78 is 14.2. The number of fused-ring (bicyclic) bond motifs is 1. The van der Waals surface area contributed by atoms with Crippen LogP contribution in [0.5, 0.6) is 0 Å². The van der Waals surface area contributed by atoms with Gasteiger partial charge >= 0.3 is 0 Å². The van der Waals surface area contributed by atoms with E-state index in [-0.39, 0.29) is 23.0 Å². The van der Waals surface area contributed by atoms with Crippen LogP contribution in [-0.2, 0) is 15.3 Å². The van der Waals surface area contributed by atoms with Gasteiger partial charge in [0.15, 0.2) is 0 Å². The summed E-state index contributed by atoms with van der Waals surface area (Å²) in [5.74, 6) is -0.709. The third kappa shape index (κ3) is 6.35. The van der Waals surface area contributed by atoms with Crippen LogP contribution < -0.4 is 10.6 Å². The number of para-hydroxylation sites is 1. The minimum absolute atomic E-state index is 0.00910. The van der Waals surface area contributed by atoms with Crippen LogP contribution in [0.15, 0.2) is 96.8 Å². The van der Waals surface area contributed by atoms with Gasteiger partial charge < -0.3 is 20.1 Å². The molecule has 1 aliphatic heterocycles. The topological polar surface area (TPSA) is 42.5 Å². The highest BCUT2D eigenvalue weighted by Gasteiger charge is 2.47. The lowest BCUT2D eigenvalue weighted by molar-refractivity contribution is -0.297. The number of ether oxygens (including phenoxy) is 2. The van der Waals surface area contributed by atoms with Crippen LogP contribution in [-0.4, -0.2) is 19.3 Å². The van der Waals surface area contributed by atoms with Gasteiger partial charge in [-0.05, 0) is 90.8 Å². The van der Waals surface area contributed by atoms with Crippen LogP contribution in [0.25, 0.3) is 21.9 Å². The molecule has 4 heteroatoms. The Hall–Kier alpha value is -3.60. The molecule has 0 radical (unpaired) electrons. The average Bonchev–Trinajstić information content (AvgIpc) is 2.99. The molecule has 4 aromatic rings. The minimum atomic E-state index is -1.11. The Labute approximate surface area is 276 Å². The second kappa shape index (κ2) is 12.5. The van der Waals surface area contributed by atoms with Crippen molar-refractivity contribution in [2.45, 2.75) is 92.1 Å². The fourth-order valence-electron chi connectivity index (χ4n) is 8.79. The zero-order chi connectivity index (χ0) is 32.7. The van der Waals surface area contributed by atoms with Crippen molar-refractivity contribution in [2.24, 2.45) is 16.7 Å². The van der Waals surface area contributed by atoms with E-state index in [0.717, 1.165) is 41.6 Å². The van der Waals surface area contributed by atoms with E-state index in [0.29, 0.717) is 5.92 Å². The fourth-order valence-corrected chi connectivity index (χ4v) is 8.79.